The summed E-state index contributed by atoms with van der Waals surface area (Å²) in [6, 6.07) is 11.8. The van der Waals surface area contributed by atoms with Gasteiger partial charge in [0.2, 0.25) is 0 Å². The molecule has 0 unspecified atom stereocenters. The SMILES string of the molecule is Nc1cccc(C(=O)Nc2ccc3c(S(=O)(=O)O)cccc3c2S(=O)(=O)O)c1.[Na].[Na]. The number of rotatable bonds is 4. The third-order valence-corrected chi connectivity index (χ3v) is 5.77. The summed E-state index contributed by atoms with van der Waals surface area (Å²) in [5.41, 5.74) is 5.82. The van der Waals surface area contributed by atoms with Gasteiger partial charge in [-0.2, -0.15) is 16.8 Å². The standard InChI is InChI=1S/C17H14N2O7S2.2Na/c18-11-4-1-3-10(9-11)17(20)19-14-8-7-12-13(16(14)28(24,25)26)5-2-6-15(12)27(21,22)23;;/h1-9H,18H2,(H,19,20)(H,21,22,23)(H,24,25,26);;. The van der Waals surface area contributed by atoms with E-state index in [9.17, 15) is 30.7 Å². The fourth-order valence-corrected chi connectivity index (χ4v) is 4.34. The first kappa shape index (κ1) is 27.0. The molecule has 3 aromatic rings. The second-order valence-corrected chi connectivity index (χ2v) is 8.57. The van der Waals surface area contributed by atoms with E-state index in [1.54, 1.807) is 6.07 Å². The van der Waals surface area contributed by atoms with Crippen molar-refractivity contribution in [3.05, 3.63) is 60.2 Å². The van der Waals surface area contributed by atoms with Gasteiger partial charge in [0.1, 0.15) is 9.79 Å². The molecule has 3 rings (SSSR count). The van der Waals surface area contributed by atoms with Crippen LogP contribution in [-0.4, -0.2) is 91.0 Å². The van der Waals surface area contributed by atoms with Crippen LogP contribution in [-0.2, 0) is 20.2 Å². The van der Waals surface area contributed by atoms with E-state index in [4.69, 9.17) is 5.73 Å². The number of benzene rings is 3. The molecule has 0 aliphatic rings. The van der Waals surface area contributed by atoms with E-state index >= 15 is 0 Å². The van der Waals surface area contributed by atoms with Crippen LogP contribution in [0.2, 0.25) is 0 Å². The first-order chi connectivity index (χ1) is 13.0. The number of carbonyl (C=O) groups excluding carboxylic acids is 1. The van der Waals surface area contributed by atoms with E-state index in [2.05, 4.69) is 5.32 Å². The number of anilines is 2. The van der Waals surface area contributed by atoms with E-state index < -0.39 is 35.9 Å². The van der Waals surface area contributed by atoms with Gasteiger partial charge < -0.3 is 11.1 Å². The van der Waals surface area contributed by atoms with E-state index in [-0.39, 0.29) is 81.1 Å². The average Bonchev–Trinajstić information content (AvgIpc) is 2.59. The Labute approximate surface area is 217 Å². The second kappa shape index (κ2) is 10.1. The van der Waals surface area contributed by atoms with Crippen molar-refractivity contribution in [2.24, 2.45) is 0 Å². The number of amides is 1. The van der Waals surface area contributed by atoms with E-state index in [0.717, 1.165) is 12.1 Å². The maximum Gasteiger partial charge on any atom is 0.297 e. The van der Waals surface area contributed by atoms with Gasteiger partial charge in [-0.25, -0.2) is 0 Å². The molecule has 3 aromatic carbocycles. The third kappa shape index (κ3) is 5.82. The van der Waals surface area contributed by atoms with Crippen molar-refractivity contribution >= 4 is 107 Å². The summed E-state index contributed by atoms with van der Waals surface area (Å²) in [6.07, 6.45) is 0. The van der Waals surface area contributed by atoms with Gasteiger partial charge in [-0.15, -0.1) is 0 Å². The Balaban J connectivity index is 0.00000225. The molecule has 2 radical (unpaired) electrons. The van der Waals surface area contributed by atoms with Crippen LogP contribution < -0.4 is 11.1 Å². The van der Waals surface area contributed by atoms with E-state index in [1.165, 1.54) is 36.4 Å². The van der Waals surface area contributed by atoms with Crippen molar-refractivity contribution in [2.75, 3.05) is 11.1 Å². The van der Waals surface area contributed by atoms with Crippen LogP contribution in [0.15, 0.2) is 64.4 Å². The summed E-state index contributed by atoms with van der Waals surface area (Å²) in [5, 5.41) is 2.03. The molecule has 0 spiro atoms. The summed E-state index contributed by atoms with van der Waals surface area (Å²) >= 11 is 0. The topological polar surface area (TPSA) is 164 Å². The molecular formula is C17H14N2Na2O7S2. The monoisotopic (exact) mass is 468 g/mol. The summed E-state index contributed by atoms with van der Waals surface area (Å²) in [7, 11) is -9.53. The van der Waals surface area contributed by atoms with Gasteiger partial charge >= 0.3 is 0 Å². The smallest absolute Gasteiger partial charge is 0.297 e. The molecule has 0 aliphatic heterocycles. The number of fused-ring (bicyclic) bond motifs is 1. The summed E-state index contributed by atoms with van der Waals surface area (Å²) in [4.78, 5) is 11.2. The number of carbonyl (C=O) groups is 1. The van der Waals surface area contributed by atoms with Crippen molar-refractivity contribution in [1.29, 1.82) is 0 Å². The summed E-state index contributed by atoms with van der Waals surface area (Å²) in [6.45, 7) is 0. The van der Waals surface area contributed by atoms with Crippen LogP contribution in [0.3, 0.4) is 0 Å². The largest absolute Gasteiger partial charge is 0.399 e. The van der Waals surface area contributed by atoms with Crippen molar-refractivity contribution in [3.63, 3.8) is 0 Å². The molecule has 1 amide bonds. The molecule has 0 fully saturated rings. The second-order valence-electron chi connectivity index (χ2n) is 5.82. The Kier molecular flexibility index (Phi) is 9.09. The Hall–Kier alpha value is -0.990. The first-order valence-electron chi connectivity index (χ1n) is 7.66. The molecule has 0 saturated carbocycles. The molecule has 5 N–H and O–H groups in total. The fraction of sp³-hybridized carbons (Fsp3) is 0. The van der Waals surface area contributed by atoms with Gasteiger partial charge in [0, 0.05) is 81.1 Å². The molecule has 30 heavy (non-hydrogen) atoms. The van der Waals surface area contributed by atoms with Crippen LogP contribution in [0.1, 0.15) is 10.4 Å². The minimum Gasteiger partial charge on any atom is -0.399 e. The molecule has 0 bridgehead atoms. The molecule has 13 heteroatoms. The van der Waals surface area contributed by atoms with Crippen molar-refractivity contribution in [1.82, 2.24) is 0 Å². The molecule has 0 aromatic heterocycles. The Bertz CT molecular complexity index is 1330. The predicted octanol–water partition coefficient (Wildman–Crippen LogP) is 1.41. The number of hydrogen-bond acceptors (Lipinski definition) is 6. The fourth-order valence-electron chi connectivity index (χ4n) is 2.78. The third-order valence-electron chi connectivity index (χ3n) is 3.90. The number of hydrogen-bond donors (Lipinski definition) is 4. The minimum atomic E-state index is -4.87. The van der Waals surface area contributed by atoms with Gasteiger partial charge in [0.25, 0.3) is 26.1 Å². The molecule has 0 saturated heterocycles. The van der Waals surface area contributed by atoms with Crippen molar-refractivity contribution < 1.29 is 30.7 Å². The zero-order chi connectivity index (χ0) is 20.7. The number of nitrogens with two attached hydrogens (primary N) is 1. The first-order valence-corrected chi connectivity index (χ1v) is 10.5. The van der Waals surface area contributed by atoms with Gasteiger partial charge in [0.15, 0.2) is 0 Å². The Morgan fingerprint density at radius 2 is 1.47 bits per heavy atom. The normalized spacial score (nSPS) is 11.3. The quantitative estimate of drug-likeness (QED) is 0.254. The molecule has 0 heterocycles. The predicted molar refractivity (Wildman–Crippen MR) is 114 cm³/mol. The maximum atomic E-state index is 12.4. The van der Waals surface area contributed by atoms with Crippen molar-refractivity contribution in [2.45, 2.75) is 9.79 Å². The van der Waals surface area contributed by atoms with Crippen molar-refractivity contribution in [3.8, 4) is 0 Å². The maximum absolute atomic E-state index is 12.4. The van der Waals surface area contributed by atoms with E-state index in [1.807, 2.05) is 0 Å². The van der Waals surface area contributed by atoms with E-state index in [0.29, 0.717) is 5.69 Å². The van der Waals surface area contributed by atoms with Crippen LogP contribution >= 0.6 is 0 Å². The molecule has 0 atom stereocenters. The van der Waals surface area contributed by atoms with Gasteiger partial charge in [0.05, 0.1) is 5.69 Å². The number of nitrogen functional groups attached to an aromatic ring is 1. The summed E-state index contributed by atoms with van der Waals surface area (Å²) < 4.78 is 66.1. The van der Waals surface area contributed by atoms with Crippen LogP contribution in [0.5, 0.6) is 0 Å². The molecule has 9 nitrogen and oxygen atoms in total. The molecule has 148 valence electrons. The minimum absolute atomic E-state index is 0. The van der Waals surface area contributed by atoms with Gasteiger partial charge in [-0.3, -0.25) is 13.9 Å². The Morgan fingerprint density at radius 3 is 2.03 bits per heavy atom. The molecular weight excluding hydrogens is 454 g/mol. The average molecular weight is 468 g/mol. The van der Waals surface area contributed by atoms with Crippen LogP contribution in [0.25, 0.3) is 10.8 Å². The summed E-state index contributed by atoms with van der Waals surface area (Å²) in [5.74, 6) is -0.692. The van der Waals surface area contributed by atoms with Crippen LogP contribution in [0, 0.1) is 0 Å². The van der Waals surface area contributed by atoms with Gasteiger partial charge in [-0.1, -0.05) is 24.3 Å². The zero-order valence-corrected chi connectivity index (χ0v) is 21.7. The van der Waals surface area contributed by atoms with Gasteiger partial charge in [-0.05, 0) is 30.3 Å². The zero-order valence-electron chi connectivity index (χ0n) is 16.0. The number of nitrogens with one attached hydrogen (secondary N) is 1. The van der Waals surface area contributed by atoms with Crippen LogP contribution in [0.4, 0.5) is 11.4 Å². The Morgan fingerprint density at radius 1 is 0.833 bits per heavy atom. The molecule has 0 aliphatic carbocycles.